The van der Waals surface area contributed by atoms with Crippen molar-refractivity contribution in [3.05, 3.63) is 88.9 Å². The molecule has 5 aromatic rings. The molecule has 1 amide bonds. The number of hydrogen-bond donors (Lipinski definition) is 2. The summed E-state index contributed by atoms with van der Waals surface area (Å²) in [4.78, 5) is 20.6. The van der Waals surface area contributed by atoms with E-state index in [1.165, 1.54) is 0 Å². The molecule has 0 aliphatic heterocycles. The molecule has 2 aromatic heterocycles. The first kappa shape index (κ1) is 19.1. The number of carbonyl (C=O) groups is 1. The molecule has 0 bridgehead atoms. The molecule has 150 valence electrons. The molecule has 0 aliphatic carbocycles. The molecule has 0 spiro atoms. The van der Waals surface area contributed by atoms with Crippen LogP contribution in [-0.2, 0) is 0 Å². The standard InChI is InChI=1S/C24H15BrN4O2/c25-15-10-11-20-18(12-15)22(24(31)27-20)28-29-23(30)17-13-21(14-6-2-1-3-7-14)26-19-9-5-4-8-16(17)19/h1-13,27,31H. The lowest BCUT2D eigenvalue weighted by atomic mass is 10.0. The monoisotopic (exact) mass is 470 g/mol. The Morgan fingerprint density at radius 1 is 0.935 bits per heavy atom. The molecular formula is C24H15BrN4O2. The summed E-state index contributed by atoms with van der Waals surface area (Å²) in [6.07, 6.45) is 0. The van der Waals surface area contributed by atoms with E-state index in [9.17, 15) is 9.90 Å². The lowest BCUT2D eigenvalue weighted by Gasteiger charge is -2.07. The third-order valence-electron chi connectivity index (χ3n) is 4.97. The highest BCUT2D eigenvalue weighted by atomic mass is 79.9. The van der Waals surface area contributed by atoms with Crippen LogP contribution in [-0.4, -0.2) is 21.0 Å². The summed E-state index contributed by atoms with van der Waals surface area (Å²) in [6.45, 7) is 0. The minimum atomic E-state index is -0.514. The molecule has 0 aliphatic rings. The van der Waals surface area contributed by atoms with Crippen LogP contribution in [0.3, 0.4) is 0 Å². The van der Waals surface area contributed by atoms with Crippen LogP contribution >= 0.6 is 15.9 Å². The molecule has 0 saturated heterocycles. The molecule has 0 atom stereocenters. The van der Waals surface area contributed by atoms with Crippen LogP contribution in [0.4, 0.5) is 5.69 Å². The highest BCUT2D eigenvalue weighted by Gasteiger charge is 2.15. The maximum atomic E-state index is 13.1. The van der Waals surface area contributed by atoms with Crippen molar-refractivity contribution >= 4 is 49.3 Å². The Kier molecular flexibility index (Phi) is 4.80. The highest BCUT2D eigenvalue weighted by molar-refractivity contribution is 9.10. The van der Waals surface area contributed by atoms with E-state index in [0.29, 0.717) is 33.1 Å². The third kappa shape index (κ3) is 3.60. The minimum absolute atomic E-state index is 0.144. The van der Waals surface area contributed by atoms with Crippen LogP contribution < -0.4 is 0 Å². The van der Waals surface area contributed by atoms with E-state index in [1.54, 1.807) is 12.1 Å². The second-order valence-corrected chi connectivity index (χ2v) is 7.87. The number of aromatic hydroxyl groups is 1. The van der Waals surface area contributed by atoms with Gasteiger partial charge in [-0.1, -0.05) is 64.5 Å². The number of H-pyrrole nitrogens is 1. The van der Waals surface area contributed by atoms with Crippen molar-refractivity contribution in [3.8, 4) is 17.1 Å². The number of nitrogens with zero attached hydrogens (tertiary/aromatic N) is 3. The summed E-state index contributed by atoms with van der Waals surface area (Å²) < 4.78 is 0.828. The molecule has 0 radical (unpaired) electrons. The number of aromatic nitrogens is 2. The van der Waals surface area contributed by atoms with E-state index in [-0.39, 0.29) is 11.6 Å². The van der Waals surface area contributed by atoms with Crippen LogP contribution in [0, 0.1) is 0 Å². The van der Waals surface area contributed by atoms with E-state index >= 15 is 0 Å². The third-order valence-corrected chi connectivity index (χ3v) is 5.46. The summed E-state index contributed by atoms with van der Waals surface area (Å²) in [6, 6.07) is 24.3. The number of rotatable bonds is 3. The van der Waals surface area contributed by atoms with E-state index < -0.39 is 5.91 Å². The number of aromatic amines is 1. The Morgan fingerprint density at radius 3 is 2.55 bits per heavy atom. The normalized spacial score (nSPS) is 11.5. The van der Waals surface area contributed by atoms with Gasteiger partial charge in [-0.15, -0.1) is 10.2 Å². The quantitative estimate of drug-likeness (QED) is 0.284. The Labute approximate surface area is 185 Å². The molecular weight excluding hydrogens is 456 g/mol. The Balaban J connectivity index is 1.60. The van der Waals surface area contributed by atoms with E-state index in [0.717, 1.165) is 10.0 Å². The first-order valence-electron chi connectivity index (χ1n) is 9.51. The Bertz CT molecular complexity index is 1480. The first-order chi connectivity index (χ1) is 15.1. The van der Waals surface area contributed by atoms with Crippen LogP contribution in [0.25, 0.3) is 33.1 Å². The van der Waals surface area contributed by atoms with E-state index in [1.807, 2.05) is 66.7 Å². The maximum absolute atomic E-state index is 13.1. The molecule has 3 aromatic carbocycles. The van der Waals surface area contributed by atoms with Gasteiger partial charge in [-0.25, -0.2) is 4.98 Å². The summed E-state index contributed by atoms with van der Waals surface area (Å²) in [5, 5.41) is 19.6. The number of para-hydroxylation sites is 1. The Morgan fingerprint density at radius 2 is 1.71 bits per heavy atom. The molecule has 2 N–H and O–H groups in total. The second kappa shape index (κ2) is 7.77. The maximum Gasteiger partial charge on any atom is 0.296 e. The summed E-state index contributed by atoms with van der Waals surface area (Å²) >= 11 is 3.41. The number of azo groups is 1. The van der Waals surface area contributed by atoms with Gasteiger partial charge in [0.05, 0.1) is 22.3 Å². The molecule has 2 heterocycles. The van der Waals surface area contributed by atoms with Crippen molar-refractivity contribution in [2.45, 2.75) is 0 Å². The second-order valence-electron chi connectivity index (χ2n) is 6.96. The van der Waals surface area contributed by atoms with Gasteiger partial charge in [-0.05, 0) is 30.3 Å². The number of halogens is 1. The van der Waals surface area contributed by atoms with Crippen LogP contribution in [0.1, 0.15) is 10.4 Å². The van der Waals surface area contributed by atoms with Crippen molar-refractivity contribution in [2.24, 2.45) is 10.2 Å². The van der Waals surface area contributed by atoms with Crippen LogP contribution in [0.2, 0.25) is 0 Å². The largest absolute Gasteiger partial charge is 0.493 e. The summed E-state index contributed by atoms with van der Waals surface area (Å²) in [5.41, 5.74) is 3.58. The van der Waals surface area contributed by atoms with Gasteiger partial charge in [0.1, 0.15) is 0 Å². The van der Waals surface area contributed by atoms with Crippen LogP contribution in [0.15, 0.2) is 93.6 Å². The fourth-order valence-corrected chi connectivity index (χ4v) is 3.86. The van der Waals surface area contributed by atoms with Gasteiger partial charge in [-0.2, -0.15) is 0 Å². The van der Waals surface area contributed by atoms with Gasteiger partial charge in [0.2, 0.25) is 5.88 Å². The van der Waals surface area contributed by atoms with Gasteiger partial charge in [0, 0.05) is 20.8 Å². The molecule has 0 fully saturated rings. The van der Waals surface area contributed by atoms with Crippen molar-refractivity contribution in [3.63, 3.8) is 0 Å². The number of amides is 1. The van der Waals surface area contributed by atoms with E-state index in [4.69, 9.17) is 0 Å². The van der Waals surface area contributed by atoms with Gasteiger partial charge >= 0.3 is 0 Å². The number of benzene rings is 3. The zero-order chi connectivity index (χ0) is 21.4. The average Bonchev–Trinajstić information content (AvgIpc) is 3.11. The van der Waals surface area contributed by atoms with Crippen LogP contribution in [0.5, 0.6) is 5.88 Å². The molecule has 31 heavy (non-hydrogen) atoms. The number of nitrogens with one attached hydrogen (secondary N) is 1. The summed E-state index contributed by atoms with van der Waals surface area (Å²) in [5.74, 6) is -0.659. The predicted octanol–water partition coefficient (Wildman–Crippen LogP) is 6.78. The van der Waals surface area contributed by atoms with Crippen molar-refractivity contribution in [2.75, 3.05) is 0 Å². The smallest absolute Gasteiger partial charge is 0.296 e. The molecule has 5 rings (SSSR count). The SMILES string of the molecule is O=C(N=Nc1c(O)[nH]c2ccc(Br)cc12)c1cc(-c2ccccc2)nc2ccccc12. The number of hydrogen-bond acceptors (Lipinski definition) is 4. The number of carbonyl (C=O) groups excluding carboxylic acids is 1. The van der Waals surface area contributed by atoms with Gasteiger partial charge in [0.25, 0.3) is 5.91 Å². The molecule has 0 unspecified atom stereocenters. The van der Waals surface area contributed by atoms with E-state index in [2.05, 4.69) is 36.1 Å². The average molecular weight is 471 g/mol. The van der Waals surface area contributed by atoms with Crippen molar-refractivity contribution in [1.29, 1.82) is 0 Å². The molecule has 6 nitrogen and oxygen atoms in total. The van der Waals surface area contributed by atoms with Gasteiger partial charge < -0.3 is 10.1 Å². The topological polar surface area (TPSA) is 90.7 Å². The Hall–Kier alpha value is -3.84. The zero-order valence-corrected chi connectivity index (χ0v) is 17.7. The lowest BCUT2D eigenvalue weighted by molar-refractivity contribution is 0.0996. The number of fused-ring (bicyclic) bond motifs is 2. The summed E-state index contributed by atoms with van der Waals surface area (Å²) in [7, 11) is 0. The fourth-order valence-electron chi connectivity index (χ4n) is 3.50. The predicted molar refractivity (Wildman–Crippen MR) is 124 cm³/mol. The molecule has 0 saturated carbocycles. The van der Waals surface area contributed by atoms with Gasteiger partial charge in [0.15, 0.2) is 5.69 Å². The molecule has 7 heteroatoms. The minimum Gasteiger partial charge on any atom is -0.493 e. The fraction of sp³-hybridized carbons (Fsp3) is 0. The lowest BCUT2D eigenvalue weighted by Crippen LogP contribution is -1.98. The van der Waals surface area contributed by atoms with Crippen molar-refractivity contribution < 1.29 is 9.90 Å². The number of pyridine rings is 1. The van der Waals surface area contributed by atoms with Gasteiger partial charge in [-0.3, -0.25) is 4.79 Å². The van der Waals surface area contributed by atoms with Crippen molar-refractivity contribution in [1.82, 2.24) is 9.97 Å². The highest BCUT2D eigenvalue weighted by Crippen LogP contribution is 2.37. The zero-order valence-electron chi connectivity index (χ0n) is 16.1. The first-order valence-corrected chi connectivity index (χ1v) is 10.3.